The molecule has 0 amide bonds. The predicted molar refractivity (Wildman–Crippen MR) is 88.5 cm³/mol. The van der Waals surface area contributed by atoms with Crippen LogP contribution in [0.2, 0.25) is 0 Å². The average molecular weight is 352 g/mol. The Kier molecular flexibility index (Phi) is 6.26. The van der Waals surface area contributed by atoms with Crippen molar-refractivity contribution in [3.8, 4) is 5.75 Å². The van der Waals surface area contributed by atoms with Crippen molar-refractivity contribution in [3.05, 3.63) is 47.0 Å². The van der Waals surface area contributed by atoms with Crippen LogP contribution in [0.3, 0.4) is 0 Å². The van der Waals surface area contributed by atoms with Crippen molar-refractivity contribution in [1.29, 1.82) is 0 Å². The summed E-state index contributed by atoms with van der Waals surface area (Å²) in [6.45, 7) is 6.72. The molecule has 1 aromatic heterocycles. The van der Waals surface area contributed by atoms with Gasteiger partial charge in [0.15, 0.2) is 0 Å². The Morgan fingerprint density at radius 3 is 3.00 bits per heavy atom. The van der Waals surface area contributed by atoms with E-state index in [0.717, 1.165) is 36.3 Å². The number of hydrogen-bond donors (Lipinski definition) is 1. The minimum Gasteiger partial charge on any atom is -0.493 e. The monoisotopic (exact) mass is 351 g/mol. The molecule has 1 unspecified atom stereocenters. The Bertz CT molecular complexity index is 542. The molecule has 0 aliphatic carbocycles. The van der Waals surface area contributed by atoms with Crippen molar-refractivity contribution in [2.45, 2.75) is 39.4 Å². The fourth-order valence-corrected chi connectivity index (χ4v) is 2.51. The highest BCUT2D eigenvalue weighted by atomic mass is 79.9. The van der Waals surface area contributed by atoms with Crippen LogP contribution in [0.15, 0.2) is 41.4 Å². The zero-order valence-corrected chi connectivity index (χ0v) is 14.1. The van der Waals surface area contributed by atoms with E-state index in [4.69, 9.17) is 4.74 Å². The molecule has 0 bridgehead atoms. The van der Waals surface area contributed by atoms with Crippen LogP contribution in [0.5, 0.6) is 5.75 Å². The maximum atomic E-state index is 5.80. The highest BCUT2D eigenvalue weighted by Gasteiger charge is 2.07. The van der Waals surface area contributed by atoms with E-state index >= 15 is 0 Å². The van der Waals surface area contributed by atoms with Crippen LogP contribution in [-0.2, 0) is 13.1 Å². The first-order valence-corrected chi connectivity index (χ1v) is 8.08. The molecule has 0 spiro atoms. The van der Waals surface area contributed by atoms with Gasteiger partial charge in [0.05, 0.1) is 12.9 Å². The van der Waals surface area contributed by atoms with E-state index in [1.165, 1.54) is 5.56 Å². The molecule has 2 rings (SSSR count). The van der Waals surface area contributed by atoms with E-state index in [1.807, 2.05) is 24.7 Å². The van der Waals surface area contributed by atoms with Crippen LogP contribution in [-0.4, -0.2) is 22.2 Å². The maximum Gasteiger partial charge on any atom is 0.123 e. The second-order valence-corrected chi connectivity index (χ2v) is 6.06. The molecule has 4 nitrogen and oxygen atoms in total. The SMILES string of the molecule is CCCOc1ccc(Br)cc1CNC(C)Cn1ccnc1. The van der Waals surface area contributed by atoms with Crippen molar-refractivity contribution in [1.82, 2.24) is 14.9 Å². The van der Waals surface area contributed by atoms with Gasteiger partial charge in [-0.25, -0.2) is 4.98 Å². The molecule has 0 aliphatic heterocycles. The van der Waals surface area contributed by atoms with E-state index in [9.17, 15) is 0 Å². The summed E-state index contributed by atoms with van der Waals surface area (Å²) in [5, 5.41) is 3.53. The predicted octanol–water partition coefficient (Wildman–Crippen LogP) is 3.61. The van der Waals surface area contributed by atoms with E-state index in [1.54, 1.807) is 6.20 Å². The molecule has 5 heteroatoms. The van der Waals surface area contributed by atoms with Crippen molar-refractivity contribution in [2.75, 3.05) is 6.61 Å². The van der Waals surface area contributed by atoms with Crippen molar-refractivity contribution < 1.29 is 4.74 Å². The molecule has 21 heavy (non-hydrogen) atoms. The van der Waals surface area contributed by atoms with Crippen LogP contribution in [0.4, 0.5) is 0 Å². The summed E-state index contributed by atoms with van der Waals surface area (Å²) in [4.78, 5) is 4.06. The summed E-state index contributed by atoms with van der Waals surface area (Å²) in [6.07, 6.45) is 6.64. The molecule has 1 atom stereocenters. The lowest BCUT2D eigenvalue weighted by molar-refractivity contribution is 0.312. The summed E-state index contributed by atoms with van der Waals surface area (Å²) >= 11 is 3.52. The molecule has 0 radical (unpaired) electrons. The average Bonchev–Trinajstić information content (AvgIpc) is 2.97. The summed E-state index contributed by atoms with van der Waals surface area (Å²) in [5.74, 6) is 0.961. The molecule has 0 fully saturated rings. The topological polar surface area (TPSA) is 39.1 Å². The third kappa shape index (κ3) is 5.17. The Balaban J connectivity index is 1.93. The Morgan fingerprint density at radius 1 is 1.43 bits per heavy atom. The Morgan fingerprint density at radius 2 is 2.29 bits per heavy atom. The quantitative estimate of drug-likeness (QED) is 0.789. The number of ether oxygens (including phenoxy) is 1. The lowest BCUT2D eigenvalue weighted by Gasteiger charge is -2.17. The standard InChI is InChI=1S/C16H22BrN3O/c1-3-8-21-16-5-4-15(17)9-14(16)10-19-13(2)11-20-7-6-18-12-20/h4-7,9,12-13,19H,3,8,10-11H2,1-2H3. The van der Waals surface area contributed by atoms with E-state index in [2.05, 4.69) is 50.7 Å². The highest BCUT2D eigenvalue weighted by molar-refractivity contribution is 9.10. The Labute approximate surface area is 134 Å². The lowest BCUT2D eigenvalue weighted by atomic mass is 10.2. The van der Waals surface area contributed by atoms with Gasteiger partial charge in [-0.1, -0.05) is 22.9 Å². The van der Waals surface area contributed by atoms with E-state index in [0.29, 0.717) is 6.04 Å². The number of benzene rings is 1. The molecule has 0 saturated heterocycles. The van der Waals surface area contributed by atoms with Crippen LogP contribution in [0.1, 0.15) is 25.8 Å². The summed E-state index contributed by atoms with van der Waals surface area (Å²) in [6, 6.07) is 6.51. The van der Waals surface area contributed by atoms with Crippen LogP contribution < -0.4 is 10.1 Å². The fraction of sp³-hybridized carbons (Fsp3) is 0.438. The van der Waals surface area contributed by atoms with Gasteiger partial charge in [0, 0.05) is 41.6 Å². The summed E-state index contributed by atoms with van der Waals surface area (Å²) in [7, 11) is 0. The first kappa shape index (κ1) is 16.0. The van der Waals surface area contributed by atoms with Crippen molar-refractivity contribution >= 4 is 15.9 Å². The van der Waals surface area contributed by atoms with Gasteiger partial charge in [-0.3, -0.25) is 0 Å². The molecule has 1 aromatic carbocycles. The van der Waals surface area contributed by atoms with Crippen molar-refractivity contribution in [2.24, 2.45) is 0 Å². The number of rotatable bonds is 8. The number of halogens is 1. The molecule has 1 N–H and O–H groups in total. The largest absolute Gasteiger partial charge is 0.493 e. The van der Waals surface area contributed by atoms with Gasteiger partial charge in [-0.2, -0.15) is 0 Å². The molecule has 0 saturated carbocycles. The van der Waals surface area contributed by atoms with Crippen molar-refractivity contribution in [3.63, 3.8) is 0 Å². The molecular weight excluding hydrogens is 330 g/mol. The van der Waals surface area contributed by atoms with Gasteiger partial charge in [0.1, 0.15) is 5.75 Å². The van der Waals surface area contributed by atoms with E-state index in [-0.39, 0.29) is 0 Å². The van der Waals surface area contributed by atoms with E-state index < -0.39 is 0 Å². The lowest BCUT2D eigenvalue weighted by Crippen LogP contribution is -2.29. The maximum absolute atomic E-state index is 5.80. The number of nitrogens with one attached hydrogen (secondary N) is 1. The van der Waals surface area contributed by atoms with Crippen LogP contribution in [0, 0.1) is 0 Å². The fourth-order valence-electron chi connectivity index (χ4n) is 2.10. The second kappa shape index (κ2) is 8.20. The van der Waals surface area contributed by atoms with Crippen LogP contribution in [0.25, 0.3) is 0 Å². The molecule has 114 valence electrons. The normalized spacial score (nSPS) is 12.3. The zero-order chi connectivity index (χ0) is 15.1. The number of hydrogen-bond acceptors (Lipinski definition) is 3. The smallest absolute Gasteiger partial charge is 0.123 e. The number of nitrogens with zero attached hydrogens (tertiary/aromatic N) is 2. The van der Waals surface area contributed by atoms with Gasteiger partial charge in [0.25, 0.3) is 0 Å². The second-order valence-electron chi connectivity index (χ2n) is 5.14. The van der Waals surface area contributed by atoms with Gasteiger partial charge < -0.3 is 14.6 Å². The number of aromatic nitrogens is 2. The summed E-state index contributed by atoms with van der Waals surface area (Å²) < 4.78 is 8.95. The first-order chi connectivity index (χ1) is 10.2. The number of imidazole rings is 1. The van der Waals surface area contributed by atoms with Gasteiger partial charge in [0.2, 0.25) is 0 Å². The highest BCUT2D eigenvalue weighted by Crippen LogP contribution is 2.23. The first-order valence-electron chi connectivity index (χ1n) is 7.29. The molecule has 1 heterocycles. The third-order valence-electron chi connectivity index (χ3n) is 3.17. The van der Waals surface area contributed by atoms with Gasteiger partial charge in [-0.05, 0) is 31.5 Å². The van der Waals surface area contributed by atoms with Gasteiger partial charge in [-0.15, -0.1) is 0 Å². The van der Waals surface area contributed by atoms with Gasteiger partial charge >= 0.3 is 0 Å². The minimum atomic E-state index is 0.359. The zero-order valence-electron chi connectivity index (χ0n) is 12.6. The summed E-state index contributed by atoms with van der Waals surface area (Å²) in [5.41, 5.74) is 1.18. The minimum absolute atomic E-state index is 0.359. The third-order valence-corrected chi connectivity index (χ3v) is 3.66. The van der Waals surface area contributed by atoms with Crippen LogP contribution >= 0.6 is 15.9 Å². The molecule has 0 aliphatic rings. The Hall–Kier alpha value is -1.33. The molecular formula is C16H22BrN3O. The molecule has 2 aromatic rings.